The number of aromatic amines is 1. The number of nitrogens with one attached hydrogen (secondary N) is 2. The molecule has 1 fully saturated rings. The number of likely N-dealkylation sites (N-methyl/N-ethyl adjacent to an activating group) is 1. The van der Waals surface area contributed by atoms with Gasteiger partial charge in [-0.15, -0.1) is 0 Å². The zero-order valence-corrected chi connectivity index (χ0v) is 12.8. The highest BCUT2D eigenvalue weighted by atomic mass is 16.2. The van der Waals surface area contributed by atoms with Crippen molar-refractivity contribution in [3.63, 3.8) is 0 Å². The number of carbonyl (C=O) groups is 1. The zero-order chi connectivity index (χ0) is 14.7. The third-order valence-corrected chi connectivity index (χ3v) is 4.56. The molecule has 1 atom stereocenters. The maximum atomic E-state index is 12.2. The molecule has 1 aromatic heterocycles. The number of aryl methyl sites for hydroxylation is 1. The molecule has 3 rings (SSSR count). The minimum Gasteiger partial charge on any atom is -0.352 e. The number of carbonyl (C=O) groups excluding carboxylic acids is 1. The molecule has 2 aliphatic rings. The van der Waals surface area contributed by atoms with E-state index in [4.69, 9.17) is 0 Å². The summed E-state index contributed by atoms with van der Waals surface area (Å²) in [7, 11) is 2.15. The molecule has 1 aliphatic carbocycles. The van der Waals surface area contributed by atoms with Gasteiger partial charge < -0.3 is 10.2 Å². The van der Waals surface area contributed by atoms with E-state index in [0.29, 0.717) is 6.54 Å². The van der Waals surface area contributed by atoms with E-state index in [2.05, 4.69) is 32.4 Å². The summed E-state index contributed by atoms with van der Waals surface area (Å²) in [6.07, 6.45) is 5.95. The van der Waals surface area contributed by atoms with Crippen molar-refractivity contribution in [2.75, 3.05) is 39.8 Å². The Bertz CT molecular complexity index is 486. The minimum atomic E-state index is 0.160. The molecule has 1 unspecified atom stereocenters. The van der Waals surface area contributed by atoms with E-state index in [9.17, 15) is 4.79 Å². The van der Waals surface area contributed by atoms with Crippen LogP contribution in [0.2, 0.25) is 0 Å². The van der Waals surface area contributed by atoms with E-state index in [-0.39, 0.29) is 11.9 Å². The molecular formula is C15H25N5O. The molecule has 0 aromatic carbocycles. The SMILES string of the molecule is CN1CCCN(CC(=O)NC2CCc3cn[nH]c3C2)CC1. The van der Waals surface area contributed by atoms with Crippen molar-refractivity contribution in [3.8, 4) is 0 Å². The smallest absolute Gasteiger partial charge is 0.234 e. The van der Waals surface area contributed by atoms with E-state index in [1.807, 2.05) is 6.20 Å². The third-order valence-electron chi connectivity index (χ3n) is 4.56. The van der Waals surface area contributed by atoms with Gasteiger partial charge in [0.25, 0.3) is 0 Å². The first-order chi connectivity index (χ1) is 10.2. The van der Waals surface area contributed by atoms with Crippen molar-refractivity contribution in [3.05, 3.63) is 17.5 Å². The number of fused-ring (bicyclic) bond motifs is 1. The number of amides is 1. The Hall–Kier alpha value is -1.40. The van der Waals surface area contributed by atoms with Crippen molar-refractivity contribution >= 4 is 5.91 Å². The van der Waals surface area contributed by atoms with Crippen LogP contribution in [0.3, 0.4) is 0 Å². The van der Waals surface area contributed by atoms with Gasteiger partial charge in [0.05, 0.1) is 12.7 Å². The lowest BCUT2D eigenvalue weighted by molar-refractivity contribution is -0.123. The summed E-state index contributed by atoms with van der Waals surface area (Å²) in [5.41, 5.74) is 2.49. The Kier molecular flexibility index (Phi) is 4.55. The highest BCUT2D eigenvalue weighted by Crippen LogP contribution is 2.18. The van der Waals surface area contributed by atoms with Crippen LogP contribution < -0.4 is 5.32 Å². The third kappa shape index (κ3) is 3.83. The van der Waals surface area contributed by atoms with Gasteiger partial charge in [0.15, 0.2) is 0 Å². The molecule has 1 saturated heterocycles. The Morgan fingerprint density at radius 2 is 2.33 bits per heavy atom. The number of rotatable bonds is 3. The highest BCUT2D eigenvalue weighted by molar-refractivity contribution is 5.78. The predicted octanol–water partition coefficient (Wildman–Crippen LogP) is 0.0207. The van der Waals surface area contributed by atoms with Crippen molar-refractivity contribution in [2.24, 2.45) is 0 Å². The first-order valence-electron chi connectivity index (χ1n) is 7.92. The first-order valence-corrected chi connectivity index (χ1v) is 7.92. The van der Waals surface area contributed by atoms with Crippen LogP contribution in [0.5, 0.6) is 0 Å². The number of H-pyrrole nitrogens is 1. The van der Waals surface area contributed by atoms with Gasteiger partial charge in [-0.2, -0.15) is 5.10 Å². The fourth-order valence-corrected chi connectivity index (χ4v) is 3.27. The van der Waals surface area contributed by atoms with E-state index in [1.54, 1.807) is 0 Å². The molecule has 1 amide bonds. The molecule has 1 aromatic rings. The average Bonchev–Trinajstić information content (AvgIpc) is 2.82. The van der Waals surface area contributed by atoms with E-state index in [1.165, 1.54) is 11.3 Å². The fourth-order valence-electron chi connectivity index (χ4n) is 3.27. The molecule has 6 nitrogen and oxygen atoms in total. The molecule has 0 spiro atoms. The molecule has 116 valence electrons. The van der Waals surface area contributed by atoms with Gasteiger partial charge in [-0.3, -0.25) is 14.8 Å². The second kappa shape index (κ2) is 6.58. The summed E-state index contributed by atoms with van der Waals surface area (Å²) in [6.45, 7) is 4.71. The second-order valence-electron chi connectivity index (χ2n) is 6.31. The zero-order valence-electron chi connectivity index (χ0n) is 12.8. The molecule has 6 heteroatoms. The number of aromatic nitrogens is 2. The maximum Gasteiger partial charge on any atom is 0.234 e. The summed E-state index contributed by atoms with van der Waals surface area (Å²) in [6, 6.07) is 0.250. The van der Waals surface area contributed by atoms with Crippen molar-refractivity contribution in [2.45, 2.75) is 31.7 Å². The van der Waals surface area contributed by atoms with Gasteiger partial charge >= 0.3 is 0 Å². The maximum absolute atomic E-state index is 12.2. The standard InChI is InChI=1S/C15H25N5O/c1-19-5-2-6-20(8-7-19)11-15(21)17-13-4-3-12-10-16-18-14(12)9-13/h10,13H,2-9,11H2,1H3,(H,16,18)(H,17,21). The van der Waals surface area contributed by atoms with Gasteiger partial charge in [-0.1, -0.05) is 0 Å². The molecule has 1 aliphatic heterocycles. The summed E-state index contributed by atoms with van der Waals surface area (Å²) in [4.78, 5) is 16.8. The summed E-state index contributed by atoms with van der Waals surface area (Å²) >= 11 is 0. The van der Waals surface area contributed by atoms with E-state index < -0.39 is 0 Å². The van der Waals surface area contributed by atoms with Crippen LogP contribution in [0.15, 0.2) is 6.20 Å². The fraction of sp³-hybridized carbons (Fsp3) is 0.733. The van der Waals surface area contributed by atoms with Crippen LogP contribution in [0.1, 0.15) is 24.1 Å². The van der Waals surface area contributed by atoms with Gasteiger partial charge in [0.2, 0.25) is 5.91 Å². The largest absolute Gasteiger partial charge is 0.352 e. The number of hydrogen-bond acceptors (Lipinski definition) is 4. The Morgan fingerprint density at radius 3 is 3.24 bits per heavy atom. The molecule has 2 heterocycles. The summed E-state index contributed by atoms with van der Waals surface area (Å²) in [5, 5.41) is 10.3. The molecule has 0 saturated carbocycles. The van der Waals surface area contributed by atoms with Crippen molar-refractivity contribution in [1.29, 1.82) is 0 Å². The van der Waals surface area contributed by atoms with E-state index in [0.717, 1.165) is 51.9 Å². The lowest BCUT2D eigenvalue weighted by Crippen LogP contribution is -2.45. The number of nitrogens with zero attached hydrogens (tertiary/aromatic N) is 3. The second-order valence-corrected chi connectivity index (χ2v) is 6.31. The van der Waals surface area contributed by atoms with Crippen LogP contribution in [0, 0.1) is 0 Å². The quantitative estimate of drug-likeness (QED) is 0.824. The van der Waals surface area contributed by atoms with Crippen LogP contribution in [0.25, 0.3) is 0 Å². The van der Waals surface area contributed by atoms with Crippen LogP contribution in [-0.2, 0) is 17.6 Å². The number of hydrogen-bond donors (Lipinski definition) is 2. The lowest BCUT2D eigenvalue weighted by atomic mass is 9.94. The van der Waals surface area contributed by atoms with E-state index >= 15 is 0 Å². The topological polar surface area (TPSA) is 64.3 Å². The first kappa shape index (κ1) is 14.5. The van der Waals surface area contributed by atoms with Gasteiger partial charge in [0, 0.05) is 31.2 Å². The Morgan fingerprint density at radius 1 is 1.43 bits per heavy atom. The van der Waals surface area contributed by atoms with Gasteiger partial charge in [0.1, 0.15) is 0 Å². The summed E-state index contributed by atoms with van der Waals surface area (Å²) < 4.78 is 0. The van der Waals surface area contributed by atoms with Crippen LogP contribution in [0.4, 0.5) is 0 Å². The molecule has 21 heavy (non-hydrogen) atoms. The Balaban J connectivity index is 1.46. The average molecular weight is 291 g/mol. The predicted molar refractivity (Wildman–Crippen MR) is 81.1 cm³/mol. The molecule has 0 bridgehead atoms. The van der Waals surface area contributed by atoms with Crippen molar-refractivity contribution < 1.29 is 4.79 Å². The van der Waals surface area contributed by atoms with Crippen molar-refractivity contribution in [1.82, 2.24) is 25.3 Å². The van der Waals surface area contributed by atoms with Gasteiger partial charge in [-0.25, -0.2) is 0 Å². The molecule has 0 radical (unpaired) electrons. The molecule has 2 N–H and O–H groups in total. The Labute approximate surface area is 125 Å². The normalized spacial score (nSPS) is 24.3. The monoisotopic (exact) mass is 291 g/mol. The van der Waals surface area contributed by atoms with Crippen LogP contribution >= 0.6 is 0 Å². The highest BCUT2D eigenvalue weighted by Gasteiger charge is 2.22. The van der Waals surface area contributed by atoms with Crippen LogP contribution in [-0.4, -0.2) is 71.7 Å². The lowest BCUT2D eigenvalue weighted by Gasteiger charge is -2.25. The minimum absolute atomic E-state index is 0.160. The molecular weight excluding hydrogens is 266 g/mol. The summed E-state index contributed by atoms with van der Waals surface area (Å²) in [5.74, 6) is 0.160. The van der Waals surface area contributed by atoms with Gasteiger partial charge in [-0.05, 0) is 45.0 Å².